The molecule has 0 radical (unpaired) electrons. The fourth-order valence-electron chi connectivity index (χ4n) is 12.1. The molecular weight excluding hydrogens is 460 g/mol. The molecule has 2 unspecified atom stereocenters. The summed E-state index contributed by atoms with van der Waals surface area (Å²) >= 11 is 0. The van der Waals surface area contributed by atoms with Crippen molar-refractivity contribution in [3.63, 3.8) is 0 Å². The van der Waals surface area contributed by atoms with Crippen LogP contribution in [0.4, 0.5) is 0 Å². The van der Waals surface area contributed by atoms with Gasteiger partial charge in [-0.25, -0.2) is 0 Å². The minimum absolute atomic E-state index is 0.0478. The van der Waals surface area contributed by atoms with Gasteiger partial charge in [-0.2, -0.15) is 0 Å². The normalized spacial score (nSPS) is 55.5. The van der Waals surface area contributed by atoms with Crippen molar-refractivity contribution < 1.29 is 20.1 Å². The lowest BCUT2D eigenvalue weighted by atomic mass is 9.30. The summed E-state index contributed by atoms with van der Waals surface area (Å²) in [5.74, 6) is 0.0134. The van der Waals surface area contributed by atoms with Gasteiger partial charge < -0.3 is 20.1 Å². The smallest absolute Gasteiger partial charge is 0.281 e. The van der Waals surface area contributed by atoms with Crippen molar-refractivity contribution in [1.82, 2.24) is 0 Å². The molecule has 5 rings (SSSR count). The largest absolute Gasteiger partial charge is 0.343 e. The average molecular weight is 513 g/mol. The van der Waals surface area contributed by atoms with E-state index in [-0.39, 0.29) is 27.6 Å². The average Bonchev–Trinajstić information content (AvgIpc) is 2.82. The first-order chi connectivity index (χ1) is 17.2. The highest BCUT2D eigenvalue weighted by atomic mass is 16.7. The first kappa shape index (κ1) is 27.6. The SMILES string of the molecule is C=C=CC1C[C@@H]2[C@@]3(C)CCCC(C)(C(O)(O)O)[C@@H]3CC[C@@]2(C)[C@]2(C)CC[C@@]3(C=O)CC[C@@H](C)[C@H](C)[C@H]3[C@@H]12. The molecule has 12 atom stereocenters. The van der Waals surface area contributed by atoms with Crippen LogP contribution in [0.5, 0.6) is 0 Å². The molecule has 4 nitrogen and oxygen atoms in total. The Hall–Kier alpha value is -0.930. The maximum atomic E-state index is 12.9. The van der Waals surface area contributed by atoms with Crippen molar-refractivity contribution >= 4 is 6.29 Å². The molecule has 0 aliphatic heterocycles. The molecular formula is C33H52O4. The van der Waals surface area contributed by atoms with E-state index in [2.05, 4.69) is 53.0 Å². The molecule has 0 amide bonds. The van der Waals surface area contributed by atoms with Crippen LogP contribution in [0, 0.1) is 68.5 Å². The zero-order valence-electron chi connectivity index (χ0n) is 24.2. The van der Waals surface area contributed by atoms with Crippen LogP contribution in [0.2, 0.25) is 0 Å². The van der Waals surface area contributed by atoms with Gasteiger partial charge in [0, 0.05) is 5.41 Å². The van der Waals surface area contributed by atoms with Crippen LogP contribution in [0.3, 0.4) is 0 Å². The maximum absolute atomic E-state index is 12.9. The van der Waals surface area contributed by atoms with E-state index in [0.29, 0.717) is 41.9 Å². The summed E-state index contributed by atoms with van der Waals surface area (Å²) in [7, 11) is 0. The summed E-state index contributed by atoms with van der Waals surface area (Å²) in [5.41, 5.74) is 2.12. The number of aliphatic hydroxyl groups is 3. The van der Waals surface area contributed by atoms with Crippen molar-refractivity contribution in [2.24, 2.45) is 68.5 Å². The number of fused-ring (bicyclic) bond motifs is 7. The Balaban J connectivity index is 1.65. The van der Waals surface area contributed by atoms with Crippen LogP contribution in [0.15, 0.2) is 18.4 Å². The summed E-state index contributed by atoms with van der Waals surface area (Å²) in [4.78, 5) is 12.9. The van der Waals surface area contributed by atoms with Crippen molar-refractivity contribution in [1.29, 1.82) is 0 Å². The number of carbonyl (C=O) groups is 1. The topological polar surface area (TPSA) is 77.8 Å². The molecule has 0 aromatic heterocycles. The van der Waals surface area contributed by atoms with Gasteiger partial charge in [-0.1, -0.05) is 54.5 Å². The van der Waals surface area contributed by atoms with Crippen molar-refractivity contribution in [2.75, 3.05) is 0 Å². The fraction of sp³-hybridized carbons (Fsp3) is 0.879. The van der Waals surface area contributed by atoms with Crippen LogP contribution in [-0.2, 0) is 4.79 Å². The van der Waals surface area contributed by atoms with Crippen LogP contribution >= 0.6 is 0 Å². The van der Waals surface area contributed by atoms with Gasteiger partial charge in [-0.3, -0.25) is 0 Å². The van der Waals surface area contributed by atoms with Gasteiger partial charge in [0.25, 0.3) is 5.97 Å². The third kappa shape index (κ3) is 3.41. The molecule has 5 aliphatic carbocycles. The molecule has 37 heavy (non-hydrogen) atoms. The lowest BCUT2D eigenvalue weighted by molar-refractivity contribution is -0.402. The monoisotopic (exact) mass is 512 g/mol. The number of hydrogen-bond donors (Lipinski definition) is 3. The number of aldehydes is 1. The van der Waals surface area contributed by atoms with E-state index < -0.39 is 11.4 Å². The number of rotatable bonds is 3. The van der Waals surface area contributed by atoms with E-state index in [4.69, 9.17) is 0 Å². The highest BCUT2D eigenvalue weighted by molar-refractivity contribution is 5.61. The maximum Gasteiger partial charge on any atom is 0.281 e. The molecule has 3 N–H and O–H groups in total. The Morgan fingerprint density at radius 1 is 0.865 bits per heavy atom. The number of allylic oxidation sites excluding steroid dienone is 1. The molecule has 0 aromatic rings. The second-order valence-electron chi connectivity index (χ2n) is 15.4. The lowest BCUT2D eigenvalue weighted by Gasteiger charge is -2.74. The Morgan fingerprint density at radius 2 is 1.57 bits per heavy atom. The highest BCUT2D eigenvalue weighted by Crippen LogP contribution is 2.78. The quantitative estimate of drug-likeness (QED) is 0.229. The summed E-state index contributed by atoms with van der Waals surface area (Å²) in [6.07, 6.45) is 13.4. The van der Waals surface area contributed by atoms with E-state index >= 15 is 0 Å². The first-order valence-electron chi connectivity index (χ1n) is 15.1. The standard InChI is InChI=1S/C33H52O4/c1-8-10-23-19-25-28(4)13-9-14-30(6,33(35,36)37)24(28)12-15-29(25,5)31(7)17-18-32(20-34)16-11-21(2)22(3)26(32)27(23)31/h10,20-27,35-37H,1,9,11-19H2,2-7H3/t21-,22+,23?,24-,25-,26+,27-,28+,29-,30?,31-,32-/m1/s1. The number of hydrogen-bond acceptors (Lipinski definition) is 4. The first-order valence-corrected chi connectivity index (χ1v) is 15.1. The fourth-order valence-corrected chi connectivity index (χ4v) is 12.1. The molecule has 5 aliphatic rings. The van der Waals surface area contributed by atoms with E-state index in [9.17, 15) is 20.1 Å². The minimum Gasteiger partial charge on any atom is -0.343 e. The van der Waals surface area contributed by atoms with Crippen molar-refractivity contribution in [3.8, 4) is 0 Å². The van der Waals surface area contributed by atoms with Gasteiger partial charge in [-0.15, -0.1) is 5.73 Å². The van der Waals surface area contributed by atoms with Gasteiger partial charge in [-0.05, 0) is 122 Å². The van der Waals surface area contributed by atoms with Crippen molar-refractivity contribution in [3.05, 3.63) is 18.4 Å². The second kappa shape index (κ2) is 8.53. The molecule has 0 saturated heterocycles. The second-order valence-corrected chi connectivity index (χ2v) is 15.4. The number of carbonyl (C=O) groups excluding carboxylic acids is 1. The Labute approximate surface area is 225 Å². The third-order valence-corrected chi connectivity index (χ3v) is 14.5. The summed E-state index contributed by atoms with van der Waals surface area (Å²) in [5, 5.41) is 31.7. The molecule has 0 bridgehead atoms. The molecule has 0 aromatic carbocycles. The molecule has 5 fully saturated rings. The van der Waals surface area contributed by atoms with Crippen LogP contribution in [-0.4, -0.2) is 27.6 Å². The third-order valence-electron chi connectivity index (χ3n) is 14.5. The van der Waals surface area contributed by atoms with Crippen molar-refractivity contribution in [2.45, 2.75) is 112 Å². The van der Waals surface area contributed by atoms with Gasteiger partial charge >= 0.3 is 0 Å². The highest BCUT2D eigenvalue weighted by Gasteiger charge is 2.73. The Bertz CT molecular complexity index is 977. The van der Waals surface area contributed by atoms with Gasteiger partial charge in [0.05, 0.1) is 5.41 Å². The summed E-state index contributed by atoms with van der Waals surface area (Å²) in [6, 6.07) is 0. The molecule has 0 heterocycles. The summed E-state index contributed by atoms with van der Waals surface area (Å²) in [6.45, 7) is 18.2. The molecule has 208 valence electrons. The van der Waals surface area contributed by atoms with Crippen LogP contribution < -0.4 is 0 Å². The van der Waals surface area contributed by atoms with Crippen LogP contribution in [0.25, 0.3) is 0 Å². The predicted molar refractivity (Wildman–Crippen MR) is 146 cm³/mol. The zero-order chi connectivity index (χ0) is 27.2. The van der Waals surface area contributed by atoms with Gasteiger partial charge in [0.2, 0.25) is 0 Å². The predicted octanol–water partition coefficient (Wildman–Crippen LogP) is 6.49. The minimum atomic E-state index is -2.67. The molecule has 5 saturated carbocycles. The van der Waals surface area contributed by atoms with Gasteiger partial charge in [0.15, 0.2) is 0 Å². The van der Waals surface area contributed by atoms with E-state index in [1.165, 1.54) is 6.29 Å². The van der Waals surface area contributed by atoms with E-state index in [0.717, 1.165) is 57.8 Å². The zero-order valence-corrected chi connectivity index (χ0v) is 24.2. The van der Waals surface area contributed by atoms with Gasteiger partial charge in [0.1, 0.15) is 6.29 Å². The van der Waals surface area contributed by atoms with E-state index in [1.807, 2.05) is 6.92 Å². The molecule has 0 spiro atoms. The Morgan fingerprint density at radius 3 is 2.19 bits per heavy atom. The molecule has 4 heteroatoms. The Kier molecular flexibility index (Phi) is 6.37. The lowest BCUT2D eigenvalue weighted by Crippen LogP contribution is -2.70. The van der Waals surface area contributed by atoms with Crippen LogP contribution in [0.1, 0.15) is 106 Å². The van der Waals surface area contributed by atoms with E-state index in [1.54, 1.807) is 0 Å². The summed E-state index contributed by atoms with van der Waals surface area (Å²) < 4.78 is 0.